The van der Waals surface area contributed by atoms with Gasteiger partial charge in [-0.05, 0) is 77.9 Å². The minimum absolute atomic E-state index is 0.435. The SMILES string of the molecule is N#Cc1ccc(-c2ccc(-n3c4ccccc4c4ccccc43)c(-c3nc(-c4ccccc4)nc(-c4cc(C#N)ccc4-n4c5ccccc5c5ccccc54)n3)c2)cc1. The molecule has 0 atom stereocenters. The van der Waals surface area contributed by atoms with E-state index in [1.165, 1.54) is 0 Å². The lowest BCUT2D eigenvalue weighted by Crippen LogP contribution is -2.06. The van der Waals surface area contributed by atoms with E-state index in [0.29, 0.717) is 34.2 Å². The lowest BCUT2D eigenvalue weighted by molar-refractivity contribution is 1.06. The van der Waals surface area contributed by atoms with E-state index in [1.54, 1.807) is 0 Å². The summed E-state index contributed by atoms with van der Waals surface area (Å²) in [5, 5.41) is 24.4. The Morgan fingerprint density at radius 1 is 0.333 bits per heavy atom. The molecule has 0 aliphatic carbocycles. The van der Waals surface area contributed by atoms with Crippen molar-refractivity contribution in [2.75, 3.05) is 0 Å². The van der Waals surface area contributed by atoms with Crippen LogP contribution >= 0.6 is 0 Å². The van der Waals surface area contributed by atoms with Gasteiger partial charge in [0.1, 0.15) is 0 Å². The molecule has 0 amide bonds. The molecule has 278 valence electrons. The number of aromatic nitrogens is 5. The fourth-order valence-corrected chi connectivity index (χ4v) is 8.50. The van der Waals surface area contributed by atoms with Crippen LogP contribution in [0.15, 0.2) is 188 Å². The molecular formula is C53H31N7. The Kier molecular flexibility index (Phi) is 8.11. The third-order valence-electron chi connectivity index (χ3n) is 11.3. The third kappa shape index (κ3) is 5.61. The highest BCUT2D eigenvalue weighted by atomic mass is 15.1. The summed E-state index contributed by atoms with van der Waals surface area (Å²) < 4.78 is 4.52. The van der Waals surface area contributed by atoms with Gasteiger partial charge in [-0.2, -0.15) is 10.5 Å². The van der Waals surface area contributed by atoms with Crippen molar-refractivity contribution in [2.24, 2.45) is 0 Å². The standard InChI is InChI=1S/C53H31N7/c54-32-34-22-25-36(26-23-34)38-27-29-50(60-47-20-10-6-16-41(47)42-17-7-11-21-48(42)60)44(31-38)53-57-51(37-12-2-1-3-13-37)56-52(58-53)43-30-35(33-55)24-28-49(43)59-45-18-8-4-14-39(45)40-15-5-9-19-46(40)59/h1-31H. The molecule has 0 unspecified atom stereocenters. The normalized spacial score (nSPS) is 11.3. The van der Waals surface area contributed by atoms with Crippen LogP contribution in [0.25, 0.3) is 100 Å². The van der Waals surface area contributed by atoms with Gasteiger partial charge in [0.25, 0.3) is 0 Å². The Morgan fingerprint density at radius 3 is 1.23 bits per heavy atom. The molecule has 3 aromatic heterocycles. The molecule has 0 saturated carbocycles. The number of para-hydroxylation sites is 4. The van der Waals surface area contributed by atoms with Gasteiger partial charge in [0.2, 0.25) is 0 Å². The molecule has 0 aliphatic heterocycles. The van der Waals surface area contributed by atoms with Gasteiger partial charge in [-0.3, -0.25) is 0 Å². The second kappa shape index (κ2) is 14.1. The first-order valence-corrected chi connectivity index (χ1v) is 19.6. The second-order valence-electron chi connectivity index (χ2n) is 14.7. The number of benzene rings is 8. The van der Waals surface area contributed by atoms with Gasteiger partial charge >= 0.3 is 0 Å². The van der Waals surface area contributed by atoms with Gasteiger partial charge in [-0.1, -0.05) is 121 Å². The summed E-state index contributed by atoms with van der Waals surface area (Å²) in [4.78, 5) is 15.9. The lowest BCUT2D eigenvalue weighted by atomic mass is 10.00. The first-order chi connectivity index (χ1) is 29.7. The van der Waals surface area contributed by atoms with Crippen LogP contribution in [-0.2, 0) is 0 Å². The number of fused-ring (bicyclic) bond motifs is 6. The highest BCUT2D eigenvalue weighted by Crippen LogP contribution is 2.40. The van der Waals surface area contributed by atoms with Crippen LogP contribution in [0, 0.1) is 22.7 Å². The molecule has 0 saturated heterocycles. The molecular weight excluding hydrogens is 735 g/mol. The molecule has 0 N–H and O–H groups in total. The van der Waals surface area contributed by atoms with Crippen molar-refractivity contribution in [1.29, 1.82) is 10.5 Å². The fourth-order valence-electron chi connectivity index (χ4n) is 8.50. The van der Waals surface area contributed by atoms with E-state index in [-0.39, 0.29) is 0 Å². The first kappa shape index (κ1) is 34.6. The van der Waals surface area contributed by atoms with Crippen molar-refractivity contribution < 1.29 is 0 Å². The molecule has 0 radical (unpaired) electrons. The van der Waals surface area contributed by atoms with E-state index in [2.05, 4.69) is 124 Å². The van der Waals surface area contributed by atoms with Crippen LogP contribution in [0.3, 0.4) is 0 Å². The number of hydrogen-bond donors (Lipinski definition) is 0. The predicted octanol–water partition coefficient (Wildman–Crippen LogP) is 12.5. The largest absolute Gasteiger partial charge is 0.309 e. The summed E-state index contributed by atoms with van der Waals surface area (Å²) in [5.74, 6) is 1.41. The quantitative estimate of drug-likeness (QED) is 0.168. The zero-order valence-electron chi connectivity index (χ0n) is 32.0. The van der Waals surface area contributed by atoms with E-state index in [9.17, 15) is 10.5 Å². The number of nitrogens with zero attached hydrogens (tertiary/aromatic N) is 7. The van der Waals surface area contributed by atoms with Crippen molar-refractivity contribution in [3.63, 3.8) is 0 Å². The minimum Gasteiger partial charge on any atom is -0.309 e. The van der Waals surface area contributed by atoms with E-state index < -0.39 is 0 Å². The highest BCUT2D eigenvalue weighted by molar-refractivity contribution is 6.11. The van der Waals surface area contributed by atoms with Crippen LogP contribution < -0.4 is 0 Å². The Balaban J connectivity index is 1.23. The van der Waals surface area contributed by atoms with Crippen molar-refractivity contribution in [3.05, 3.63) is 199 Å². The first-order valence-electron chi connectivity index (χ1n) is 19.6. The zero-order chi connectivity index (χ0) is 40.2. The summed E-state index contributed by atoms with van der Waals surface area (Å²) in [6.07, 6.45) is 0. The Bertz CT molecular complexity index is 3460. The second-order valence-corrected chi connectivity index (χ2v) is 14.7. The predicted molar refractivity (Wildman–Crippen MR) is 240 cm³/mol. The van der Waals surface area contributed by atoms with Crippen LogP contribution in [0.5, 0.6) is 0 Å². The van der Waals surface area contributed by atoms with Gasteiger partial charge in [0.15, 0.2) is 17.5 Å². The minimum atomic E-state index is 0.435. The van der Waals surface area contributed by atoms with E-state index in [0.717, 1.165) is 77.2 Å². The van der Waals surface area contributed by atoms with Crippen LogP contribution in [0.4, 0.5) is 0 Å². The maximum atomic E-state index is 10.3. The molecule has 7 heteroatoms. The average Bonchev–Trinajstić information content (AvgIpc) is 3.84. The van der Waals surface area contributed by atoms with Gasteiger partial charge in [-0.15, -0.1) is 0 Å². The molecule has 60 heavy (non-hydrogen) atoms. The third-order valence-corrected chi connectivity index (χ3v) is 11.3. The topological polar surface area (TPSA) is 96.1 Å². The molecule has 0 bridgehead atoms. The summed E-state index contributed by atoms with van der Waals surface area (Å²) in [6.45, 7) is 0. The Labute approximate surface area is 345 Å². The molecule has 0 spiro atoms. The molecule has 7 nitrogen and oxygen atoms in total. The maximum Gasteiger partial charge on any atom is 0.166 e. The Morgan fingerprint density at radius 2 is 0.733 bits per heavy atom. The molecule has 0 aliphatic rings. The molecule has 3 heterocycles. The van der Waals surface area contributed by atoms with E-state index in [4.69, 9.17) is 15.0 Å². The molecule has 0 fully saturated rings. The fraction of sp³-hybridized carbons (Fsp3) is 0. The van der Waals surface area contributed by atoms with Crippen molar-refractivity contribution in [3.8, 4) is 68.8 Å². The number of nitriles is 2. The smallest absolute Gasteiger partial charge is 0.166 e. The zero-order valence-corrected chi connectivity index (χ0v) is 32.0. The van der Waals surface area contributed by atoms with E-state index >= 15 is 0 Å². The van der Waals surface area contributed by atoms with Crippen molar-refractivity contribution >= 4 is 43.6 Å². The van der Waals surface area contributed by atoms with Gasteiger partial charge in [0, 0.05) is 38.2 Å². The van der Waals surface area contributed by atoms with Crippen LogP contribution in [0.1, 0.15) is 11.1 Å². The van der Waals surface area contributed by atoms with Gasteiger partial charge in [0.05, 0.1) is 56.7 Å². The summed E-state index contributed by atoms with van der Waals surface area (Å²) in [7, 11) is 0. The molecule has 8 aromatic carbocycles. The summed E-state index contributed by atoms with van der Waals surface area (Å²) in [5.41, 5.74) is 11.2. The van der Waals surface area contributed by atoms with Crippen molar-refractivity contribution in [1.82, 2.24) is 24.1 Å². The lowest BCUT2D eigenvalue weighted by Gasteiger charge is -2.17. The number of hydrogen-bond acceptors (Lipinski definition) is 5. The van der Waals surface area contributed by atoms with Gasteiger partial charge in [-0.25, -0.2) is 15.0 Å². The summed E-state index contributed by atoms with van der Waals surface area (Å²) in [6, 6.07) is 67.9. The van der Waals surface area contributed by atoms with Crippen LogP contribution in [-0.4, -0.2) is 24.1 Å². The summed E-state index contributed by atoms with van der Waals surface area (Å²) >= 11 is 0. The monoisotopic (exact) mass is 765 g/mol. The highest BCUT2D eigenvalue weighted by Gasteiger charge is 2.23. The van der Waals surface area contributed by atoms with Crippen molar-refractivity contribution in [2.45, 2.75) is 0 Å². The molecule has 11 rings (SSSR count). The van der Waals surface area contributed by atoms with Crippen LogP contribution in [0.2, 0.25) is 0 Å². The van der Waals surface area contributed by atoms with E-state index in [1.807, 2.05) is 84.9 Å². The molecule has 11 aromatic rings. The average molecular weight is 766 g/mol. The Hall–Kier alpha value is -8.65. The van der Waals surface area contributed by atoms with Gasteiger partial charge < -0.3 is 9.13 Å². The number of rotatable bonds is 6. The maximum absolute atomic E-state index is 10.3.